The molecule has 0 bridgehead atoms. The molecule has 0 saturated heterocycles. The van der Waals surface area contributed by atoms with Gasteiger partial charge in [-0.15, -0.1) is 0 Å². The summed E-state index contributed by atoms with van der Waals surface area (Å²) in [7, 11) is -3.02. The fourth-order valence-corrected chi connectivity index (χ4v) is 5.20. The Morgan fingerprint density at radius 2 is 1.84 bits per heavy atom. The number of aryl methyl sites for hydroxylation is 1. The van der Waals surface area contributed by atoms with Gasteiger partial charge in [-0.05, 0) is 67.4 Å². The Labute approximate surface area is 216 Å². The summed E-state index contributed by atoms with van der Waals surface area (Å²) in [6.07, 6.45) is -3.45. The summed E-state index contributed by atoms with van der Waals surface area (Å²) in [5.74, 6) is 0.106. The Bertz CT molecular complexity index is 1640. The lowest BCUT2D eigenvalue weighted by molar-refractivity contribution is -0.147. The van der Waals surface area contributed by atoms with Gasteiger partial charge in [0, 0.05) is 17.3 Å². The van der Waals surface area contributed by atoms with E-state index >= 15 is 0 Å². The van der Waals surface area contributed by atoms with E-state index < -0.39 is 33.0 Å². The van der Waals surface area contributed by atoms with Gasteiger partial charge in [0.1, 0.15) is 28.6 Å². The van der Waals surface area contributed by atoms with Crippen LogP contribution >= 0.6 is 0 Å². The van der Waals surface area contributed by atoms with Crippen LogP contribution in [0.3, 0.4) is 0 Å². The van der Waals surface area contributed by atoms with Crippen LogP contribution in [0.5, 0.6) is 5.75 Å². The second-order valence-electron chi connectivity index (χ2n) is 8.45. The van der Waals surface area contributed by atoms with E-state index in [1.165, 1.54) is 19.2 Å². The SMILES string of the molecule is CCc1cc2c(cc1F)c(C#N)c(-c1ccc(S(=O)(=O)N[C@@H](C)C(F)(F)F)cn1)n2-c1ccc(OC)cc1. The van der Waals surface area contributed by atoms with Gasteiger partial charge in [0.15, 0.2) is 0 Å². The molecule has 7 nitrogen and oxygen atoms in total. The number of halogens is 4. The molecular weight excluding hydrogens is 524 g/mol. The lowest BCUT2D eigenvalue weighted by atomic mass is 10.1. The summed E-state index contributed by atoms with van der Waals surface area (Å²) < 4.78 is 86.9. The van der Waals surface area contributed by atoms with Crippen molar-refractivity contribution in [1.29, 1.82) is 5.26 Å². The van der Waals surface area contributed by atoms with Crippen molar-refractivity contribution < 1.29 is 30.7 Å². The number of alkyl halides is 3. The first-order chi connectivity index (χ1) is 17.9. The molecule has 0 fully saturated rings. The minimum absolute atomic E-state index is 0.101. The van der Waals surface area contributed by atoms with Crippen molar-refractivity contribution in [3.63, 3.8) is 0 Å². The highest BCUT2D eigenvalue weighted by molar-refractivity contribution is 7.89. The van der Waals surface area contributed by atoms with E-state index in [-0.39, 0.29) is 17.0 Å². The van der Waals surface area contributed by atoms with E-state index in [1.54, 1.807) is 46.5 Å². The second kappa shape index (κ2) is 10.1. The summed E-state index contributed by atoms with van der Waals surface area (Å²) in [6.45, 7) is 2.49. The predicted molar refractivity (Wildman–Crippen MR) is 133 cm³/mol. The Hall–Kier alpha value is -3.95. The standard InChI is InChI=1S/C26H22F4N4O3S/c1-4-16-11-24-20(12-22(16)27)21(13-31)25(34(24)17-5-7-18(37-3)8-6-17)23-10-9-19(14-32-23)38(35,36)33-15(2)26(28,29)30/h5-12,14-15,33H,4H2,1-3H3/t15-/m0/s1. The van der Waals surface area contributed by atoms with Gasteiger partial charge in [0.25, 0.3) is 0 Å². The highest BCUT2D eigenvalue weighted by Gasteiger charge is 2.39. The summed E-state index contributed by atoms with van der Waals surface area (Å²) >= 11 is 0. The largest absolute Gasteiger partial charge is 0.497 e. The van der Waals surface area contributed by atoms with Gasteiger partial charge in [-0.3, -0.25) is 4.98 Å². The smallest absolute Gasteiger partial charge is 0.404 e. The molecule has 2 heterocycles. The number of nitriles is 1. The van der Waals surface area contributed by atoms with E-state index in [0.29, 0.717) is 41.2 Å². The maximum Gasteiger partial charge on any atom is 0.404 e. The van der Waals surface area contributed by atoms with Crippen LogP contribution in [0.15, 0.2) is 59.6 Å². The minimum Gasteiger partial charge on any atom is -0.497 e. The van der Waals surface area contributed by atoms with Crippen molar-refractivity contribution >= 4 is 20.9 Å². The zero-order valence-electron chi connectivity index (χ0n) is 20.5. The molecule has 0 aliphatic heterocycles. The minimum atomic E-state index is -4.77. The number of nitrogens with one attached hydrogen (secondary N) is 1. The van der Waals surface area contributed by atoms with Crippen molar-refractivity contribution in [2.24, 2.45) is 0 Å². The van der Waals surface area contributed by atoms with Crippen molar-refractivity contribution in [3.8, 4) is 28.9 Å². The molecular formula is C26H22F4N4O3S. The molecule has 4 rings (SSSR count). The molecule has 1 N–H and O–H groups in total. The van der Waals surface area contributed by atoms with E-state index in [2.05, 4.69) is 11.1 Å². The van der Waals surface area contributed by atoms with Gasteiger partial charge >= 0.3 is 6.18 Å². The van der Waals surface area contributed by atoms with Gasteiger partial charge in [-0.2, -0.15) is 23.2 Å². The lowest BCUT2D eigenvalue weighted by Crippen LogP contribution is -2.42. The topological polar surface area (TPSA) is 97.0 Å². The first-order valence-corrected chi connectivity index (χ1v) is 12.9. The van der Waals surface area contributed by atoms with Gasteiger partial charge < -0.3 is 9.30 Å². The molecule has 0 aliphatic carbocycles. The molecule has 198 valence electrons. The Kier molecular flexibility index (Phi) is 7.18. The third kappa shape index (κ3) is 4.94. The third-order valence-electron chi connectivity index (χ3n) is 6.07. The van der Waals surface area contributed by atoms with Crippen molar-refractivity contribution in [3.05, 3.63) is 71.7 Å². The molecule has 38 heavy (non-hydrogen) atoms. The van der Waals surface area contributed by atoms with Gasteiger partial charge in [0.2, 0.25) is 10.0 Å². The number of pyridine rings is 1. The number of ether oxygens (including phenoxy) is 1. The summed E-state index contributed by atoms with van der Waals surface area (Å²) in [5.41, 5.74) is 2.08. The molecule has 2 aromatic heterocycles. The Morgan fingerprint density at radius 1 is 1.16 bits per heavy atom. The number of hydrogen-bond acceptors (Lipinski definition) is 5. The number of benzene rings is 2. The quantitative estimate of drug-likeness (QED) is 0.309. The van der Waals surface area contributed by atoms with Crippen LogP contribution in [0.1, 0.15) is 25.0 Å². The monoisotopic (exact) mass is 546 g/mol. The molecule has 12 heteroatoms. The maximum absolute atomic E-state index is 14.7. The summed E-state index contributed by atoms with van der Waals surface area (Å²) in [4.78, 5) is 3.70. The number of nitrogens with zero attached hydrogens (tertiary/aromatic N) is 3. The molecule has 0 radical (unpaired) electrons. The number of rotatable bonds is 7. The van der Waals surface area contributed by atoms with Crippen LogP contribution in [-0.2, 0) is 16.4 Å². The first kappa shape index (κ1) is 27.1. The molecule has 0 saturated carbocycles. The molecule has 0 amide bonds. The highest BCUT2D eigenvalue weighted by atomic mass is 32.2. The zero-order chi connectivity index (χ0) is 27.8. The van der Waals surface area contributed by atoms with Crippen LogP contribution in [0.25, 0.3) is 28.0 Å². The number of fused-ring (bicyclic) bond motifs is 1. The van der Waals surface area contributed by atoms with Crippen LogP contribution in [0, 0.1) is 17.1 Å². The highest BCUT2D eigenvalue weighted by Crippen LogP contribution is 2.37. The average Bonchev–Trinajstić information content (AvgIpc) is 3.20. The van der Waals surface area contributed by atoms with Crippen LogP contribution in [0.2, 0.25) is 0 Å². The number of aromatic nitrogens is 2. The fraction of sp³-hybridized carbons (Fsp3) is 0.231. The number of methoxy groups -OCH3 is 1. The summed E-state index contributed by atoms with van der Waals surface area (Å²) in [5, 5.41) is 10.4. The summed E-state index contributed by atoms with van der Waals surface area (Å²) in [6, 6.07) is 12.0. The predicted octanol–water partition coefficient (Wildman–Crippen LogP) is 5.50. The van der Waals surface area contributed by atoms with Crippen LogP contribution < -0.4 is 9.46 Å². The second-order valence-corrected chi connectivity index (χ2v) is 10.2. The van der Waals surface area contributed by atoms with E-state index in [0.717, 1.165) is 12.3 Å². The normalized spacial score (nSPS) is 12.9. The fourth-order valence-electron chi connectivity index (χ4n) is 4.02. The van der Waals surface area contributed by atoms with Gasteiger partial charge in [-0.25, -0.2) is 12.8 Å². The third-order valence-corrected chi connectivity index (χ3v) is 7.60. The number of sulfonamides is 1. The average molecular weight is 547 g/mol. The van der Waals surface area contributed by atoms with Gasteiger partial charge in [-0.1, -0.05) is 6.92 Å². The zero-order valence-corrected chi connectivity index (χ0v) is 21.3. The number of hydrogen-bond donors (Lipinski definition) is 1. The molecule has 0 unspecified atom stereocenters. The molecule has 4 aromatic rings. The Morgan fingerprint density at radius 3 is 2.37 bits per heavy atom. The molecule has 1 atom stereocenters. The van der Waals surface area contributed by atoms with Crippen molar-refractivity contribution in [1.82, 2.24) is 14.3 Å². The van der Waals surface area contributed by atoms with E-state index in [4.69, 9.17) is 4.74 Å². The van der Waals surface area contributed by atoms with Crippen molar-refractivity contribution in [2.75, 3.05) is 7.11 Å². The van der Waals surface area contributed by atoms with Crippen LogP contribution in [-0.4, -0.2) is 37.3 Å². The lowest BCUT2D eigenvalue weighted by Gasteiger charge is -2.17. The molecule has 2 aromatic carbocycles. The van der Waals surface area contributed by atoms with Gasteiger partial charge in [0.05, 0.1) is 29.6 Å². The van der Waals surface area contributed by atoms with Crippen LogP contribution in [0.4, 0.5) is 17.6 Å². The van der Waals surface area contributed by atoms with E-state index in [9.17, 15) is 31.2 Å². The molecule has 0 spiro atoms. The first-order valence-electron chi connectivity index (χ1n) is 11.4. The maximum atomic E-state index is 14.7. The molecule has 0 aliphatic rings. The Balaban J connectivity index is 1.92. The van der Waals surface area contributed by atoms with Crippen molar-refractivity contribution in [2.45, 2.75) is 37.4 Å². The van der Waals surface area contributed by atoms with E-state index in [1.807, 2.05) is 0 Å².